The SMILES string of the molecule is O=C(Cn1c(COc2ccc(Cl)cc2)nc2ccccc21)NCCc1cccs1. The van der Waals surface area contributed by atoms with Crippen molar-refractivity contribution < 1.29 is 9.53 Å². The Hall–Kier alpha value is -2.83. The Morgan fingerprint density at radius 3 is 2.72 bits per heavy atom. The first-order chi connectivity index (χ1) is 14.2. The van der Waals surface area contributed by atoms with Gasteiger partial charge in [-0.05, 0) is 54.3 Å². The van der Waals surface area contributed by atoms with Crippen molar-refractivity contribution in [3.8, 4) is 5.75 Å². The number of nitrogens with zero attached hydrogens (tertiary/aromatic N) is 2. The van der Waals surface area contributed by atoms with Crippen LogP contribution < -0.4 is 10.1 Å². The van der Waals surface area contributed by atoms with E-state index in [0.29, 0.717) is 23.1 Å². The summed E-state index contributed by atoms with van der Waals surface area (Å²) in [5, 5.41) is 5.69. The van der Waals surface area contributed by atoms with Gasteiger partial charge in [0, 0.05) is 16.4 Å². The van der Waals surface area contributed by atoms with Crippen LogP contribution >= 0.6 is 22.9 Å². The molecule has 0 fully saturated rings. The molecule has 148 valence electrons. The van der Waals surface area contributed by atoms with Gasteiger partial charge < -0.3 is 14.6 Å². The molecule has 0 aliphatic heterocycles. The fourth-order valence-corrected chi connectivity index (χ4v) is 3.91. The summed E-state index contributed by atoms with van der Waals surface area (Å²) in [4.78, 5) is 18.4. The molecule has 0 aliphatic carbocycles. The van der Waals surface area contributed by atoms with E-state index in [1.807, 2.05) is 52.4 Å². The van der Waals surface area contributed by atoms with Crippen LogP contribution in [-0.2, 0) is 24.4 Å². The smallest absolute Gasteiger partial charge is 0.240 e. The lowest BCUT2D eigenvalue weighted by Crippen LogP contribution is -2.30. The lowest BCUT2D eigenvalue weighted by atomic mass is 10.3. The van der Waals surface area contributed by atoms with E-state index in [4.69, 9.17) is 16.3 Å². The highest BCUT2D eigenvalue weighted by molar-refractivity contribution is 7.09. The molecule has 7 heteroatoms. The van der Waals surface area contributed by atoms with Crippen LogP contribution in [0.4, 0.5) is 0 Å². The third kappa shape index (κ3) is 4.96. The lowest BCUT2D eigenvalue weighted by molar-refractivity contribution is -0.121. The molecule has 1 N–H and O–H groups in total. The number of hydrogen-bond acceptors (Lipinski definition) is 4. The number of fused-ring (bicyclic) bond motifs is 1. The first kappa shape index (κ1) is 19.5. The van der Waals surface area contributed by atoms with E-state index in [1.54, 1.807) is 23.5 Å². The molecule has 1 amide bonds. The highest BCUT2D eigenvalue weighted by atomic mass is 35.5. The molecule has 0 radical (unpaired) electrons. The van der Waals surface area contributed by atoms with Gasteiger partial charge >= 0.3 is 0 Å². The van der Waals surface area contributed by atoms with E-state index in [1.165, 1.54) is 4.88 Å². The van der Waals surface area contributed by atoms with Gasteiger partial charge in [-0.3, -0.25) is 4.79 Å². The topological polar surface area (TPSA) is 56.2 Å². The van der Waals surface area contributed by atoms with Crippen molar-refractivity contribution in [2.45, 2.75) is 19.6 Å². The van der Waals surface area contributed by atoms with E-state index in [2.05, 4.69) is 16.4 Å². The Balaban J connectivity index is 1.45. The molecule has 0 aliphatic rings. The summed E-state index contributed by atoms with van der Waals surface area (Å²) >= 11 is 7.62. The number of amides is 1. The van der Waals surface area contributed by atoms with Crippen LogP contribution in [0, 0.1) is 0 Å². The van der Waals surface area contributed by atoms with Crippen molar-refractivity contribution in [3.05, 3.63) is 81.8 Å². The molecule has 4 rings (SSSR count). The number of imidazole rings is 1. The van der Waals surface area contributed by atoms with Crippen LogP contribution in [0.1, 0.15) is 10.7 Å². The Labute approximate surface area is 177 Å². The summed E-state index contributed by atoms with van der Waals surface area (Å²) in [5.41, 5.74) is 1.75. The second-order valence-corrected chi connectivity index (χ2v) is 7.99. The molecule has 29 heavy (non-hydrogen) atoms. The quantitative estimate of drug-likeness (QED) is 0.445. The van der Waals surface area contributed by atoms with E-state index >= 15 is 0 Å². The zero-order valence-electron chi connectivity index (χ0n) is 15.7. The first-order valence-corrected chi connectivity index (χ1v) is 10.6. The minimum atomic E-state index is -0.0440. The van der Waals surface area contributed by atoms with Gasteiger partial charge in [0.2, 0.25) is 5.91 Å². The number of aromatic nitrogens is 2. The predicted octanol–water partition coefficient (Wildman–Crippen LogP) is 4.69. The fraction of sp³-hybridized carbons (Fsp3) is 0.182. The summed E-state index contributed by atoms with van der Waals surface area (Å²) in [6.07, 6.45) is 0.834. The predicted molar refractivity (Wildman–Crippen MR) is 117 cm³/mol. The average molecular weight is 426 g/mol. The van der Waals surface area contributed by atoms with Crippen LogP contribution in [-0.4, -0.2) is 22.0 Å². The number of rotatable bonds is 8. The second-order valence-electron chi connectivity index (χ2n) is 6.52. The molecule has 0 unspecified atom stereocenters. The second kappa shape index (κ2) is 9.11. The number of thiophene rings is 1. The van der Waals surface area contributed by atoms with Crippen LogP contribution in [0.25, 0.3) is 11.0 Å². The van der Waals surface area contributed by atoms with Gasteiger partial charge in [0.15, 0.2) is 0 Å². The van der Waals surface area contributed by atoms with E-state index in [0.717, 1.165) is 17.5 Å². The zero-order valence-corrected chi connectivity index (χ0v) is 17.2. The summed E-state index contributed by atoms with van der Waals surface area (Å²) < 4.78 is 7.77. The summed E-state index contributed by atoms with van der Waals surface area (Å²) in [7, 11) is 0. The maximum absolute atomic E-state index is 12.5. The fourth-order valence-electron chi connectivity index (χ4n) is 3.07. The molecule has 0 atom stereocenters. The number of para-hydroxylation sites is 2. The number of ether oxygens (including phenoxy) is 1. The van der Waals surface area contributed by atoms with E-state index in [-0.39, 0.29) is 19.1 Å². The molecule has 0 saturated heterocycles. The third-order valence-electron chi connectivity index (χ3n) is 4.49. The van der Waals surface area contributed by atoms with Gasteiger partial charge in [-0.15, -0.1) is 11.3 Å². The number of carbonyl (C=O) groups is 1. The molecular formula is C22H20ClN3O2S. The van der Waals surface area contributed by atoms with Gasteiger partial charge in [-0.1, -0.05) is 29.8 Å². The van der Waals surface area contributed by atoms with Crippen molar-refractivity contribution in [2.75, 3.05) is 6.54 Å². The zero-order chi connectivity index (χ0) is 20.1. The highest BCUT2D eigenvalue weighted by Gasteiger charge is 2.14. The van der Waals surface area contributed by atoms with Crippen molar-refractivity contribution in [1.29, 1.82) is 0 Å². The van der Waals surface area contributed by atoms with Gasteiger partial charge in [-0.2, -0.15) is 0 Å². The minimum Gasteiger partial charge on any atom is -0.486 e. The molecule has 2 heterocycles. The van der Waals surface area contributed by atoms with Gasteiger partial charge in [0.05, 0.1) is 11.0 Å². The standard InChI is InChI=1S/C22H20ClN3O2S/c23-16-7-9-17(10-8-16)28-15-21-25-19-5-1-2-6-20(19)26(21)14-22(27)24-12-11-18-4-3-13-29-18/h1-10,13H,11-12,14-15H2,(H,24,27). The van der Waals surface area contributed by atoms with E-state index < -0.39 is 0 Å². The Kier molecular flexibility index (Phi) is 6.12. The minimum absolute atomic E-state index is 0.0440. The summed E-state index contributed by atoms with van der Waals surface area (Å²) in [6.45, 7) is 1.08. The normalized spacial score (nSPS) is 10.9. The molecule has 2 aromatic heterocycles. The average Bonchev–Trinajstić information content (AvgIpc) is 3.36. The monoisotopic (exact) mass is 425 g/mol. The number of halogens is 1. The largest absolute Gasteiger partial charge is 0.486 e. The third-order valence-corrected chi connectivity index (χ3v) is 5.68. The number of carbonyl (C=O) groups excluding carboxylic acids is 1. The number of hydrogen-bond donors (Lipinski definition) is 1. The Morgan fingerprint density at radius 1 is 1.10 bits per heavy atom. The Bertz CT molecular complexity index is 1090. The van der Waals surface area contributed by atoms with Crippen molar-refractivity contribution in [2.24, 2.45) is 0 Å². The Morgan fingerprint density at radius 2 is 1.93 bits per heavy atom. The molecule has 0 bridgehead atoms. The van der Waals surface area contributed by atoms with Gasteiger partial charge in [0.25, 0.3) is 0 Å². The van der Waals surface area contributed by atoms with Crippen molar-refractivity contribution in [1.82, 2.24) is 14.9 Å². The summed E-state index contributed by atoms with van der Waals surface area (Å²) in [5.74, 6) is 1.36. The highest BCUT2D eigenvalue weighted by Crippen LogP contribution is 2.20. The molecular weight excluding hydrogens is 406 g/mol. The number of nitrogens with one attached hydrogen (secondary N) is 1. The maximum atomic E-state index is 12.5. The first-order valence-electron chi connectivity index (χ1n) is 9.30. The maximum Gasteiger partial charge on any atom is 0.240 e. The molecule has 4 aromatic rings. The van der Waals surface area contributed by atoms with E-state index in [9.17, 15) is 4.79 Å². The summed E-state index contributed by atoms with van der Waals surface area (Å²) in [6, 6.07) is 19.1. The van der Waals surface area contributed by atoms with Gasteiger partial charge in [0.1, 0.15) is 24.7 Å². The van der Waals surface area contributed by atoms with Crippen LogP contribution in [0.3, 0.4) is 0 Å². The number of benzene rings is 2. The molecule has 5 nitrogen and oxygen atoms in total. The van der Waals surface area contributed by atoms with Crippen molar-refractivity contribution >= 4 is 39.9 Å². The van der Waals surface area contributed by atoms with Crippen molar-refractivity contribution in [3.63, 3.8) is 0 Å². The van der Waals surface area contributed by atoms with Crippen LogP contribution in [0.5, 0.6) is 5.75 Å². The molecule has 0 saturated carbocycles. The lowest BCUT2D eigenvalue weighted by Gasteiger charge is -2.11. The molecule has 0 spiro atoms. The van der Waals surface area contributed by atoms with Gasteiger partial charge in [-0.25, -0.2) is 4.98 Å². The molecule has 2 aromatic carbocycles. The van der Waals surface area contributed by atoms with Crippen LogP contribution in [0.2, 0.25) is 5.02 Å². The van der Waals surface area contributed by atoms with Crippen LogP contribution in [0.15, 0.2) is 66.0 Å².